The first-order valence-electron chi connectivity index (χ1n) is 7.98. The van der Waals surface area contributed by atoms with Gasteiger partial charge in [-0.15, -0.1) is 0 Å². The third-order valence-electron chi connectivity index (χ3n) is 3.23. The molecule has 5 nitrogen and oxygen atoms in total. The number of rotatable bonds is 6. The standard InChI is InChI=1S/C19H19ClN4O/c1-13(2)25-17-8-6-15(7-9-17)23-19-21-11-10-18(24-19)22-16-5-3-4-14(20)12-16/h3-13H,1-2H3,(H2,21,22,23,24). The van der Waals surface area contributed by atoms with E-state index in [0.29, 0.717) is 16.8 Å². The van der Waals surface area contributed by atoms with Crippen molar-refractivity contribution in [2.24, 2.45) is 0 Å². The molecule has 3 rings (SSSR count). The largest absolute Gasteiger partial charge is 0.491 e. The van der Waals surface area contributed by atoms with Gasteiger partial charge in [-0.1, -0.05) is 17.7 Å². The van der Waals surface area contributed by atoms with Crippen molar-refractivity contribution in [1.82, 2.24) is 9.97 Å². The number of hydrogen-bond acceptors (Lipinski definition) is 5. The van der Waals surface area contributed by atoms with Gasteiger partial charge < -0.3 is 15.4 Å². The summed E-state index contributed by atoms with van der Waals surface area (Å²) in [6.07, 6.45) is 1.84. The summed E-state index contributed by atoms with van der Waals surface area (Å²) in [6, 6.07) is 17.0. The SMILES string of the molecule is CC(C)Oc1ccc(Nc2nccc(Nc3cccc(Cl)c3)n2)cc1. The minimum absolute atomic E-state index is 0.149. The minimum Gasteiger partial charge on any atom is -0.491 e. The maximum atomic E-state index is 6.00. The number of anilines is 4. The average Bonchev–Trinajstić information content (AvgIpc) is 2.57. The van der Waals surface area contributed by atoms with Gasteiger partial charge >= 0.3 is 0 Å². The van der Waals surface area contributed by atoms with Crippen molar-refractivity contribution >= 4 is 34.7 Å². The van der Waals surface area contributed by atoms with Crippen LogP contribution < -0.4 is 15.4 Å². The van der Waals surface area contributed by atoms with Crippen LogP contribution in [-0.4, -0.2) is 16.1 Å². The van der Waals surface area contributed by atoms with Crippen LogP contribution in [0.3, 0.4) is 0 Å². The van der Waals surface area contributed by atoms with Crippen LogP contribution >= 0.6 is 11.6 Å². The van der Waals surface area contributed by atoms with Gasteiger partial charge in [-0.3, -0.25) is 0 Å². The van der Waals surface area contributed by atoms with E-state index in [1.54, 1.807) is 12.3 Å². The first-order chi connectivity index (χ1) is 12.1. The number of halogens is 1. The number of nitrogens with one attached hydrogen (secondary N) is 2. The number of ether oxygens (including phenoxy) is 1. The van der Waals surface area contributed by atoms with Crippen LogP contribution in [0.1, 0.15) is 13.8 Å². The normalized spacial score (nSPS) is 10.6. The Balaban J connectivity index is 1.69. The van der Waals surface area contributed by atoms with Gasteiger partial charge in [-0.25, -0.2) is 4.98 Å². The zero-order chi connectivity index (χ0) is 17.6. The summed E-state index contributed by atoms with van der Waals surface area (Å²) < 4.78 is 5.63. The Morgan fingerprint density at radius 3 is 2.48 bits per heavy atom. The molecule has 0 saturated carbocycles. The lowest BCUT2D eigenvalue weighted by Crippen LogP contribution is -2.05. The van der Waals surface area contributed by atoms with Gasteiger partial charge in [0.25, 0.3) is 0 Å². The molecule has 3 aromatic rings. The molecule has 128 valence electrons. The van der Waals surface area contributed by atoms with E-state index in [2.05, 4.69) is 20.6 Å². The van der Waals surface area contributed by atoms with E-state index in [4.69, 9.17) is 16.3 Å². The summed E-state index contributed by atoms with van der Waals surface area (Å²) in [5.74, 6) is 2.02. The summed E-state index contributed by atoms with van der Waals surface area (Å²) in [6.45, 7) is 4.00. The first kappa shape index (κ1) is 17.0. The lowest BCUT2D eigenvalue weighted by molar-refractivity contribution is 0.242. The highest BCUT2D eigenvalue weighted by Crippen LogP contribution is 2.21. The van der Waals surface area contributed by atoms with Crippen molar-refractivity contribution in [1.29, 1.82) is 0 Å². The Kier molecular flexibility index (Phi) is 5.36. The van der Waals surface area contributed by atoms with E-state index in [-0.39, 0.29) is 6.10 Å². The first-order valence-corrected chi connectivity index (χ1v) is 8.36. The minimum atomic E-state index is 0.149. The Morgan fingerprint density at radius 2 is 1.76 bits per heavy atom. The number of hydrogen-bond donors (Lipinski definition) is 2. The lowest BCUT2D eigenvalue weighted by Gasteiger charge is -2.11. The molecule has 0 aliphatic rings. The molecule has 0 unspecified atom stereocenters. The van der Waals surface area contributed by atoms with Gasteiger partial charge in [0.2, 0.25) is 5.95 Å². The summed E-state index contributed by atoms with van der Waals surface area (Å²) in [5, 5.41) is 7.05. The van der Waals surface area contributed by atoms with Crippen molar-refractivity contribution in [3.8, 4) is 5.75 Å². The molecule has 1 aromatic heterocycles. The van der Waals surface area contributed by atoms with Crippen molar-refractivity contribution in [3.05, 3.63) is 65.8 Å². The maximum Gasteiger partial charge on any atom is 0.229 e. The maximum absolute atomic E-state index is 6.00. The Labute approximate surface area is 152 Å². The van der Waals surface area contributed by atoms with Crippen LogP contribution in [0.2, 0.25) is 5.02 Å². The quantitative estimate of drug-likeness (QED) is 0.620. The molecule has 2 N–H and O–H groups in total. The van der Waals surface area contributed by atoms with E-state index in [0.717, 1.165) is 17.1 Å². The molecule has 25 heavy (non-hydrogen) atoms. The van der Waals surface area contributed by atoms with E-state index in [1.807, 2.05) is 62.4 Å². The molecule has 0 saturated heterocycles. The van der Waals surface area contributed by atoms with Crippen LogP contribution in [0, 0.1) is 0 Å². The highest BCUT2D eigenvalue weighted by atomic mass is 35.5. The molecular formula is C19H19ClN4O. The van der Waals surface area contributed by atoms with Crippen LogP contribution in [0.15, 0.2) is 60.8 Å². The third-order valence-corrected chi connectivity index (χ3v) is 3.47. The molecule has 1 heterocycles. The lowest BCUT2D eigenvalue weighted by atomic mass is 10.3. The second-order valence-corrected chi connectivity index (χ2v) is 6.15. The second kappa shape index (κ2) is 7.85. The smallest absolute Gasteiger partial charge is 0.229 e. The number of nitrogens with zero attached hydrogens (tertiary/aromatic N) is 2. The molecule has 2 aromatic carbocycles. The van der Waals surface area contributed by atoms with Crippen LogP contribution in [0.5, 0.6) is 5.75 Å². The van der Waals surface area contributed by atoms with Gasteiger partial charge in [-0.05, 0) is 62.4 Å². The van der Waals surface area contributed by atoms with Crippen molar-refractivity contribution in [3.63, 3.8) is 0 Å². The molecule has 0 aliphatic heterocycles. The van der Waals surface area contributed by atoms with Crippen molar-refractivity contribution < 1.29 is 4.74 Å². The molecule has 0 fully saturated rings. The monoisotopic (exact) mass is 354 g/mol. The number of aromatic nitrogens is 2. The second-order valence-electron chi connectivity index (χ2n) is 5.72. The molecule has 0 aliphatic carbocycles. The summed E-state index contributed by atoms with van der Waals surface area (Å²) in [7, 11) is 0. The fourth-order valence-corrected chi connectivity index (χ4v) is 2.41. The van der Waals surface area contributed by atoms with Crippen LogP contribution in [-0.2, 0) is 0 Å². The molecule has 0 radical (unpaired) electrons. The molecule has 0 bridgehead atoms. The zero-order valence-corrected chi connectivity index (χ0v) is 14.8. The van der Waals surface area contributed by atoms with Gasteiger partial charge in [0.1, 0.15) is 11.6 Å². The van der Waals surface area contributed by atoms with Crippen molar-refractivity contribution in [2.75, 3.05) is 10.6 Å². The predicted molar refractivity (Wildman–Crippen MR) is 102 cm³/mol. The van der Waals surface area contributed by atoms with Gasteiger partial charge in [-0.2, -0.15) is 4.98 Å². The molecule has 0 amide bonds. The predicted octanol–water partition coefficient (Wildman–Crippen LogP) is 5.40. The van der Waals surface area contributed by atoms with Crippen LogP contribution in [0.25, 0.3) is 0 Å². The molecule has 6 heteroatoms. The highest BCUT2D eigenvalue weighted by molar-refractivity contribution is 6.30. The summed E-state index contributed by atoms with van der Waals surface area (Å²) >= 11 is 6.00. The van der Waals surface area contributed by atoms with Gasteiger partial charge in [0.05, 0.1) is 6.10 Å². The summed E-state index contributed by atoms with van der Waals surface area (Å²) in [4.78, 5) is 8.70. The van der Waals surface area contributed by atoms with Crippen molar-refractivity contribution in [2.45, 2.75) is 20.0 Å². The fourth-order valence-electron chi connectivity index (χ4n) is 2.22. The highest BCUT2D eigenvalue weighted by Gasteiger charge is 2.03. The Morgan fingerprint density at radius 1 is 0.960 bits per heavy atom. The zero-order valence-electron chi connectivity index (χ0n) is 14.0. The van der Waals surface area contributed by atoms with E-state index >= 15 is 0 Å². The molecule has 0 spiro atoms. The Hall–Kier alpha value is -2.79. The fraction of sp³-hybridized carbons (Fsp3) is 0.158. The topological polar surface area (TPSA) is 59.1 Å². The van der Waals surface area contributed by atoms with Gasteiger partial charge in [0.15, 0.2) is 0 Å². The molecular weight excluding hydrogens is 336 g/mol. The summed E-state index contributed by atoms with van der Waals surface area (Å²) in [5.41, 5.74) is 1.75. The Bertz CT molecular complexity index is 837. The average molecular weight is 355 g/mol. The van der Waals surface area contributed by atoms with E-state index < -0.39 is 0 Å². The van der Waals surface area contributed by atoms with E-state index in [1.165, 1.54) is 0 Å². The third kappa shape index (κ3) is 5.09. The van der Waals surface area contributed by atoms with Crippen LogP contribution in [0.4, 0.5) is 23.1 Å². The van der Waals surface area contributed by atoms with Gasteiger partial charge in [0, 0.05) is 22.6 Å². The number of benzene rings is 2. The molecule has 0 atom stereocenters. The van der Waals surface area contributed by atoms with E-state index in [9.17, 15) is 0 Å².